The lowest BCUT2D eigenvalue weighted by atomic mass is 9.79. The van der Waals surface area contributed by atoms with Crippen molar-refractivity contribution in [1.82, 2.24) is 4.98 Å². The maximum absolute atomic E-state index is 14.9. The first-order valence-electron chi connectivity index (χ1n) is 11.5. The van der Waals surface area contributed by atoms with Crippen molar-refractivity contribution in [3.05, 3.63) is 82.4 Å². The van der Waals surface area contributed by atoms with Crippen LogP contribution in [0.1, 0.15) is 49.1 Å². The summed E-state index contributed by atoms with van der Waals surface area (Å²) in [5.41, 5.74) is 0.956. The molecule has 0 aliphatic heterocycles. The highest BCUT2D eigenvalue weighted by Gasteiger charge is 2.39. The normalized spacial score (nSPS) is 18.5. The molecule has 1 fully saturated rings. The largest absolute Gasteiger partial charge is 0.454 e. The monoisotopic (exact) mass is 521 g/mol. The molecule has 9 heteroatoms. The highest BCUT2D eigenvalue weighted by molar-refractivity contribution is 7.18. The van der Waals surface area contributed by atoms with Crippen LogP contribution >= 0.6 is 11.3 Å². The van der Waals surface area contributed by atoms with Crippen LogP contribution in [0, 0.1) is 29.2 Å². The van der Waals surface area contributed by atoms with Crippen LogP contribution in [-0.4, -0.2) is 4.98 Å². The Kier molecular flexibility index (Phi) is 6.44. The van der Waals surface area contributed by atoms with Gasteiger partial charge in [0.25, 0.3) is 0 Å². The number of hydrogen-bond donors (Lipinski definition) is 0. The summed E-state index contributed by atoms with van der Waals surface area (Å²) < 4.78 is 90.1. The predicted octanol–water partition coefficient (Wildman–Crippen LogP) is 8.94. The molecular formula is C27H21F6NOS. The second-order valence-electron chi connectivity index (χ2n) is 9.22. The molecular weight excluding hydrogens is 500 g/mol. The van der Waals surface area contributed by atoms with E-state index >= 15 is 0 Å². The highest BCUT2D eigenvalue weighted by Crippen LogP contribution is 2.40. The van der Waals surface area contributed by atoms with Crippen molar-refractivity contribution in [1.29, 1.82) is 0 Å². The number of fused-ring (bicyclic) bond motifs is 1. The number of benzene rings is 3. The lowest BCUT2D eigenvalue weighted by Crippen LogP contribution is -2.21. The standard InChI is InChI=1S/C27H21F6NOS/c1-14-2-4-15(5-3-14)16-6-9-23-24(12-16)36-26(34-23)27(32,33)35-18-7-8-19(20(28)13-18)17-10-21(29)25(31)22(30)11-17/h6-15H,2-5H2,1H3. The Balaban J connectivity index is 1.37. The molecule has 1 saturated carbocycles. The number of alkyl halides is 2. The zero-order chi connectivity index (χ0) is 25.6. The molecule has 2 nitrogen and oxygen atoms in total. The summed E-state index contributed by atoms with van der Waals surface area (Å²) >= 11 is 0.812. The van der Waals surface area contributed by atoms with Gasteiger partial charge in [-0.05, 0) is 72.2 Å². The fourth-order valence-electron chi connectivity index (χ4n) is 4.61. The zero-order valence-electron chi connectivity index (χ0n) is 19.1. The van der Waals surface area contributed by atoms with Crippen molar-refractivity contribution in [3.8, 4) is 16.9 Å². The Morgan fingerprint density at radius 3 is 2.22 bits per heavy atom. The van der Waals surface area contributed by atoms with Gasteiger partial charge in [-0.2, -0.15) is 8.78 Å². The van der Waals surface area contributed by atoms with Crippen molar-refractivity contribution >= 4 is 21.6 Å². The fraction of sp³-hybridized carbons (Fsp3) is 0.296. The molecule has 0 N–H and O–H groups in total. The van der Waals surface area contributed by atoms with Crippen LogP contribution in [0.3, 0.4) is 0 Å². The summed E-state index contributed by atoms with van der Waals surface area (Å²) in [6.07, 6.45) is 0.574. The van der Waals surface area contributed by atoms with Crippen molar-refractivity contribution in [3.63, 3.8) is 0 Å². The average Bonchev–Trinajstić information content (AvgIpc) is 3.27. The topological polar surface area (TPSA) is 22.1 Å². The number of halogens is 6. The summed E-state index contributed by atoms with van der Waals surface area (Å²) in [5.74, 6) is -5.13. The van der Waals surface area contributed by atoms with Gasteiger partial charge in [0.2, 0.25) is 5.01 Å². The molecule has 3 aromatic carbocycles. The van der Waals surface area contributed by atoms with Gasteiger partial charge < -0.3 is 4.74 Å². The van der Waals surface area contributed by atoms with Crippen LogP contribution in [-0.2, 0) is 6.11 Å². The van der Waals surface area contributed by atoms with E-state index in [-0.39, 0.29) is 11.1 Å². The van der Waals surface area contributed by atoms with Crippen molar-refractivity contribution in [2.24, 2.45) is 5.92 Å². The summed E-state index contributed by atoms with van der Waals surface area (Å²) in [6, 6.07) is 9.56. The Morgan fingerprint density at radius 1 is 0.861 bits per heavy atom. The second kappa shape index (κ2) is 9.42. The van der Waals surface area contributed by atoms with E-state index in [4.69, 9.17) is 4.74 Å². The molecule has 0 amide bonds. The van der Waals surface area contributed by atoms with Crippen LogP contribution in [0.4, 0.5) is 26.3 Å². The lowest BCUT2D eigenvalue weighted by Gasteiger charge is -2.26. The molecule has 1 aliphatic rings. The van der Waals surface area contributed by atoms with Crippen LogP contribution in [0.15, 0.2) is 48.5 Å². The Bertz CT molecular complexity index is 1400. The smallest absolute Gasteiger partial charge is 0.427 e. The van der Waals surface area contributed by atoms with E-state index in [2.05, 4.69) is 11.9 Å². The van der Waals surface area contributed by atoms with E-state index in [9.17, 15) is 26.3 Å². The lowest BCUT2D eigenvalue weighted by molar-refractivity contribution is -0.185. The van der Waals surface area contributed by atoms with Gasteiger partial charge in [-0.15, -0.1) is 11.3 Å². The highest BCUT2D eigenvalue weighted by atomic mass is 32.1. The fourth-order valence-corrected chi connectivity index (χ4v) is 5.54. The molecule has 5 rings (SSSR count). The third-order valence-electron chi connectivity index (χ3n) is 6.63. The second-order valence-corrected chi connectivity index (χ2v) is 10.2. The minimum absolute atomic E-state index is 0.281. The number of nitrogens with zero attached hydrogens (tertiary/aromatic N) is 1. The molecule has 36 heavy (non-hydrogen) atoms. The molecule has 1 aromatic heterocycles. The van der Waals surface area contributed by atoms with E-state index in [1.807, 2.05) is 12.1 Å². The van der Waals surface area contributed by atoms with Gasteiger partial charge in [-0.3, -0.25) is 0 Å². The van der Waals surface area contributed by atoms with Gasteiger partial charge in [-0.25, -0.2) is 22.5 Å². The molecule has 0 radical (unpaired) electrons. The quantitative estimate of drug-likeness (QED) is 0.193. The summed E-state index contributed by atoms with van der Waals surface area (Å²) in [4.78, 5) is 4.03. The van der Waals surface area contributed by atoms with Crippen molar-refractivity contribution in [2.45, 2.75) is 44.6 Å². The Morgan fingerprint density at radius 2 is 1.56 bits per heavy atom. The number of aromatic nitrogens is 1. The van der Waals surface area contributed by atoms with E-state index in [0.29, 0.717) is 40.3 Å². The third-order valence-corrected chi connectivity index (χ3v) is 7.70. The molecule has 1 heterocycles. The van der Waals surface area contributed by atoms with Gasteiger partial charge in [0.15, 0.2) is 17.5 Å². The van der Waals surface area contributed by atoms with E-state index in [1.54, 1.807) is 6.07 Å². The maximum atomic E-state index is 14.9. The molecule has 0 unspecified atom stereocenters. The van der Waals surface area contributed by atoms with Crippen LogP contribution in [0.5, 0.6) is 5.75 Å². The predicted molar refractivity (Wildman–Crippen MR) is 126 cm³/mol. The Labute approximate surface area is 207 Å². The molecule has 1 aliphatic carbocycles. The van der Waals surface area contributed by atoms with Gasteiger partial charge >= 0.3 is 6.11 Å². The molecule has 0 spiro atoms. The first-order chi connectivity index (χ1) is 17.1. The number of rotatable bonds is 5. The van der Waals surface area contributed by atoms with Crippen molar-refractivity contribution < 1.29 is 31.1 Å². The zero-order valence-corrected chi connectivity index (χ0v) is 19.9. The first-order valence-corrected chi connectivity index (χ1v) is 12.3. The molecule has 188 valence electrons. The molecule has 0 atom stereocenters. The molecule has 4 aromatic rings. The molecule has 0 saturated heterocycles. The maximum Gasteiger partial charge on any atom is 0.454 e. The molecule has 0 bridgehead atoms. The van der Waals surface area contributed by atoms with Gasteiger partial charge in [-0.1, -0.05) is 25.8 Å². The van der Waals surface area contributed by atoms with Gasteiger partial charge in [0.05, 0.1) is 10.2 Å². The van der Waals surface area contributed by atoms with Gasteiger partial charge in [0.1, 0.15) is 11.6 Å². The number of thiazole rings is 1. The SMILES string of the molecule is CC1CCC(c2ccc3nc(C(F)(F)Oc4ccc(-c5cc(F)c(F)c(F)c5)c(F)c4)sc3c2)CC1. The van der Waals surface area contributed by atoms with E-state index < -0.39 is 40.1 Å². The third kappa shape index (κ3) is 4.81. The van der Waals surface area contributed by atoms with E-state index in [1.165, 1.54) is 0 Å². The minimum atomic E-state index is -3.84. The van der Waals surface area contributed by atoms with Crippen LogP contribution in [0.2, 0.25) is 0 Å². The Hall–Kier alpha value is -3.07. The van der Waals surface area contributed by atoms with Gasteiger partial charge in [0, 0.05) is 11.6 Å². The first kappa shape index (κ1) is 24.6. The number of ether oxygens (including phenoxy) is 1. The summed E-state index contributed by atoms with van der Waals surface area (Å²) in [7, 11) is 0. The van der Waals surface area contributed by atoms with E-state index in [0.717, 1.165) is 54.7 Å². The summed E-state index contributed by atoms with van der Waals surface area (Å²) in [5, 5.41) is -0.570. The van der Waals surface area contributed by atoms with Crippen LogP contribution < -0.4 is 4.74 Å². The minimum Gasteiger partial charge on any atom is -0.427 e. The summed E-state index contributed by atoms with van der Waals surface area (Å²) in [6.45, 7) is 2.23. The van der Waals surface area contributed by atoms with Crippen molar-refractivity contribution in [2.75, 3.05) is 0 Å². The average molecular weight is 522 g/mol. The number of hydrogen-bond acceptors (Lipinski definition) is 3. The van der Waals surface area contributed by atoms with Crippen LogP contribution in [0.25, 0.3) is 21.3 Å².